The van der Waals surface area contributed by atoms with Crippen molar-refractivity contribution in [1.29, 1.82) is 5.41 Å². The van der Waals surface area contributed by atoms with Gasteiger partial charge in [0, 0.05) is 6.26 Å². The molecule has 0 atom stereocenters. The summed E-state index contributed by atoms with van der Waals surface area (Å²) >= 11 is 0. The van der Waals surface area contributed by atoms with Crippen molar-refractivity contribution in [2.75, 3.05) is 12.0 Å². The van der Waals surface area contributed by atoms with E-state index in [1.165, 1.54) is 0 Å². The smallest absolute Gasteiger partial charge is 0.154 e. The monoisotopic (exact) mass is 172 g/mol. The molecule has 0 saturated heterocycles. The number of rotatable bonds is 2. The van der Waals surface area contributed by atoms with Crippen molar-refractivity contribution in [3.63, 3.8) is 0 Å². The third-order valence-corrected chi connectivity index (χ3v) is 1.25. The van der Waals surface area contributed by atoms with E-state index in [0.29, 0.717) is 0 Å². The molecule has 0 aromatic carbocycles. The topological polar surface area (TPSA) is 84.0 Å². The van der Waals surface area contributed by atoms with Gasteiger partial charge < -0.3 is 5.73 Å². The molecule has 4 nitrogen and oxygen atoms in total. The first-order valence-electron chi connectivity index (χ1n) is 1.92. The van der Waals surface area contributed by atoms with Gasteiger partial charge in [-0.25, -0.2) is 8.42 Å². The molecule has 9 heavy (non-hydrogen) atoms. The summed E-state index contributed by atoms with van der Waals surface area (Å²) in [6.45, 7) is 0. The molecule has 0 unspecified atom stereocenters. The molecule has 56 valence electrons. The number of hydrogen-bond acceptors (Lipinski definition) is 3. The van der Waals surface area contributed by atoms with Gasteiger partial charge in [0.1, 0.15) is 11.6 Å². The van der Waals surface area contributed by atoms with E-state index in [9.17, 15) is 8.42 Å². The molecule has 3 N–H and O–H groups in total. The Morgan fingerprint density at radius 1 is 1.67 bits per heavy atom. The highest BCUT2D eigenvalue weighted by Gasteiger charge is 2.01. The fourth-order valence-electron chi connectivity index (χ4n) is 0.282. The van der Waals surface area contributed by atoms with Gasteiger partial charge in [0.05, 0.1) is 0 Å². The number of nitrogens with one attached hydrogen (secondary N) is 1. The van der Waals surface area contributed by atoms with Gasteiger partial charge in [-0.2, -0.15) is 0 Å². The maximum Gasteiger partial charge on any atom is 0.154 e. The Bertz CT molecular complexity index is 186. The molecule has 0 aromatic rings. The summed E-state index contributed by atoms with van der Waals surface area (Å²) in [5.41, 5.74) is 4.78. The van der Waals surface area contributed by atoms with Crippen LogP contribution in [0, 0.1) is 5.41 Å². The third-order valence-electron chi connectivity index (χ3n) is 0.418. The highest BCUT2D eigenvalue weighted by Crippen LogP contribution is 1.78. The molecule has 0 fully saturated rings. The summed E-state index contributed by atoms with van der Waals surface area (Å²) in [6.07, 6.45) is 1.04. The standard InChI is InChI=1S/C3H8N2O2S.ClH/c1-8(6,7)2-3(4)5;/h2H2,1H3,(H3,4,5);1H. The normalized spacial score (nSPS) is 9.89. The van der Waals surface area contributed by atoms with Crippen molar-refractivity contribution in [3.8, 4) is 0 Å². The van der Waals surface area contributed by atoms with Gasteiger partial charge in [0.2, 0.25) is 0 Å². The summed E-state index contributed by atoms with van der Waals surface area (Å²) in [6, 6.07) is 0. The number of hydrogen-bond donors (Lipinski definition) is 2. The van der Waals surface area contributed by atoms with Crippen LogP contribution in [0.5, 0.6) is 0 Å². The number of sulfone groups is 1. The Kier molecular flexibility index (Phi) is 4.70. The van der Waals surface area contributed by atoms with Crippen LogP contribution < -0.4 is 5.73 Å². The largest absolute Gasteiger partial charge is 0.387 e. The Balaban J connectivity index is 0. The lowest BCUT2D eigenvalue weighted by Crippen LogP contribution is -2.21. The molecular weight excluding hydrogens is 164 g/mol. The fraction of sp³-hybridized carbons (Fsp3) is 0.667. The minimum absolute atomic E-state index is 0. The highest BCUT2D eigenvalue weighted by atomic mass is 35.5. The number of nitrogens with two attached hydrogens (primary N) is 1. The second-order valence-corrected chi connectivity index (χ2v) is 3.74. The molecule has 0 heterocycles. The van der Waals surface area contributed by atoms with Crippen molar-refractivity contribution in [2.24, 2.45) is 5.73 Å². The number of halogens is 1. The summed E-state index contributed by atoms with van der Waals surface area (Å²) < 4.78 is 20.4. The first-order valence-corrected chi connectivity index (χ1v) is 3.98. The highest BCUT2D eigenvalue weighted by molar-refractivity contribution is 7.91. The SMILES string of the molecule is CS(=O)(=O)CC(=N)N.Cl. The molecular formula is C3H9ClN2O2S. The van der Waals surface area contributed by atoms with Crippen LogP contribution in [0.25, 0.3) is 0 Å². The summed E-state index contributed by atoms with van der Waals surface area (Å²) in [5.74, 6) is -0.653. The second-order valence-electron chi connectivity index (χ2n) is 1.60. The molecule has 6 heteroatoms. The summed E-state index contributed by atoms with van der Waals surface area (Å²) in [4.78, 5) is 0. The molecule has 0 radical (unpaired) electrons. The number of amidine groups is 1. The molecule has 0 rings (SSSR count). The first kappa shape index (κ1) is 11.5. The third kappa shape index (κ3) is 11.3. The Labute approximate surface area is 60.3 Å². The zero-order chi connectivity index (χ0) is 6.78. The van der Waals surface area contributed by atoms with Crippen LogP contribution in [0.2, 0.25) is 0 Å². The van der Waals surface area contributed by atoms with Crippen LogP contribution in [0.15, 0.2) is 0 Å². The van der Waals surface area contributed by atoms with E-state index in [0.717, 1.165) is 6.26 Å². The van der Waals surface area contributed by atoms with Gasteiger partial charge in [-0.1, -0.05) is 0 Å². The lowest BCUT2D eigenvalue weighted by Gasteiger charge is -1.90. The zero-order valence-electron chi connectivity index (χ0n) is 4.92. The average molecular weight is 173 g/mol. The first-order chi connectivity index (χ1) is 3.42. The molecule has 0 saturated carbocycles. The van der Waals surface area contributed by atoms with Crippen molar-refractivity contribution in [2.45, 2.75) is 0 Å². The van der Waals surface area contributed by atoms with E-state index in [4.69, 9.17) is 11.1 Å². The predicted octanol–water partition coefficient (Wildman–Crippen LogP) is -0.611. The predicted molar refractivity (Wildman–Crippen MR) is 38.9 cm³/mol. The fourth-order valence-corrected chi connectivity index (χ4v) is 0.847. The zero-order valence-corrected chi connectivity index (χ0v) is 6.55. The summed E-state index contributed by atoms with van der Waals surface area (Å²) in [7, 11) is -3.07. The van der Waals surface area contributed by atoms with Gasteiger partial charge >= 0.3 is 0 Å². The molecule has 0 amide bonds. The van der Waals surface area contributed by atoms with E-state index in [2.05, 4.69) is 0 Å². The average Bonchev–Trinajstić information content (AvgIpc) is 1.21. The van der Waals surface area contributed by atoms with Crippen LogP contribution in [-0.4, -0.2) is 26.3 Å². The molecule has 0 aliphatic heterocycles. The van der Waals surface area contributed by atoms with Gasteiger partial charge in [0.25, 0.3) is 0 Å². The van der Waals surface area contributed by atoms with E-state index < -0.39 is 9.84 Å². The van der Waals surface area contributed by atoms with Crippen molar-refractivity contribution in [1.82, 2.24) is 0 Å². The van der Waals surface area contributed by atoms with E-state index in [1.54, 1.807) is 0 Å². The maximum absolute atomic E-state index is 10.2. The lowest BCUT2D eigenvalue weighted by molar-refractivity contribution is 0.605. The Hall–Kier alpha value is -0.290. The van der Waals surface area contributed by atoms with Crippen LogP contribution >= 0.6 is 12.4 Å². The van der Waals surface area contributed by atoms with Gasteiger partial charge in [-0.3, -0.25) is 5.41 Å². The van der Waals surface area contributed by atoms with Crippen molar-refractivity contribution in [3.05, 3.63) is 0 Å². The van der Waals surface area contributed by atoms with E-state index in [-0.39, 0.29) is 24.0 Å². The quantitative estimate of drug-likeness (QED) is 0.431. The Morgan fingerprint density at radius 3 is 2.00 bits per heavy atom. The molecule has 0 spiro atoms. The van der Waals surface area contributed by atoms with Crippen LogP contribution in [-0.2, 0) is 9.84 Å². The second kappa shape index (κ2) is 3.68. The van der Waals surface area contributed by atoms with Crippen molar-refractivity contribution < 1.29 is 8.42 Å². The molecule has 0 aliphatic carbocycles. The molecule has 0 aliphatic rings. The maximum atomic E-state index is 10.2. The van der Waals surface area contributed by atoms with Crippen molar-refractivity contribution >= 4 is 28.1 Å². The van der Waals surface area contributed by atoms with E-state index in [1.807, 2.05) is 0 Å². The van der Waals surface area contributed by atoms with E-state index >= 15 is 0 Å². The minimum Gasteiger partial charge on any atom is -0.387 e. The minimum atomic E-state index is -3.07. The lowest BCUT2D eigenvalue weighted by atomic mass is 10.7. The van der Waals surface area contributed by atoms with Crippen LogP contribution in [0.4, 0.5) is 0 Å². The molecule has 0 bridgehead atoms. The molecule has 0 aromatic heterocycles. The van der Waals surface area contributed by atoms with Crippen LogP contribution in [0.3, 0.4) is 0 Å². The van der Waals surface area contributed by atoms with Gasteiger partial charge in [0.15, 0.2) is 9.84 Å². The van der Waals surface area contributed by atoms with Gasteiger partial charge in [-0.05, 0) is 0 Å². The summed E-state index contributed by atoms with van der Waals surface area (Å²) in [5, 5.41) is 6.55. The van der Waals surface area contributed by atoms with Crippen LogP contribution in [0.1, 0.15) is 0 Å². The Morgan fingerprint density at radius 2 is 2.00 bits per heavy atom. The van der Waals surface area contributed by atoms with Gasteiger partial charge in [-0.15, -0.1) is 12.4 Å².